The first-order chi connectivity index (χ1) is 12.9. The summed E-state index contributed by atoms with van der Waals surface area (Å²) in [5, 5.41) is 5.76. The second kappa shape index (κ2) is 9.82. The Morgan fingerprint density at radius 3 is 2.67 bits per heavy atom. The molecule has 3 rings (SSSR count). The van der Waals surface area contributed by atoms with Crippen LogP contribution in [0.15, 0.2) is 36.5 Å². The Labute approximate surface area is 156 Å². The van der Waals surface area contributed by atoms with Crippen LogP contribution < -0.4 is 15.4 Å². The highest BCUT2D eigenvalue weighted by molar-refractivity contribution is 5.94. The number of pyridine rings is 1. The third-order valence-corrected chi connectivity index (χ3v) is 3.94. The van der Waals surface area contributed by atoms with E-state index < -0.39 is 11.6 Å². The van der Waals surface area contributed by atoms with E-state index in [4.69, 9.17) is 4.74 Å². The minimum Gasteiger partial charge on any atom is -0.494 e. The summed E-state index contributed by atoms with van der Waals surface area (Å²) >= 11 is 0. The lowest BCUT2D eigenvalue weighted by Crippen LogP contribution is -2.27. The summed E-state index contributed by atoms with van der Waals surface area (Å²) < 4.78 is 34.8. The van der Waals surface area contributed by atoms with E-state index in [2.05, 4.69) is 20.4 Å². The molecule has 1 aliphatic heterocycles. The van der Waals surface area contributed by atoms with Gasteiger partial charge >= 0.3 is 0 Å². The number of anilines is 2. The molecular weight excluding hydrogens is 356 g/mol. The fourth-order valence-electron chi connectivity index (χ4n) is 2.50. The van der Waals surface area contributed by atoms with E-state index in [1.807, 2.05) is 6.92 Å². The van der Waals surface area contributed by atoms with Crippen LogP contribution in [0.25, 0.3) is 0 Å². The van der Waals surface area contributed by atoms with Crippen molar-refractivity contribution in [2.75, 3.05) is 24.8 Å². The molecule has 2 atom stereocenters. The highest BCUT2D eigenvalue weighted by Crippen LogP contribution is 2.21. The van der Waals surface area contributed by atoms with Crippen molar-refractivity contribution in [1.82, 2.24) is 4.98 Å². The molecule has 2 N–H and O–H groups in total. The smallest absolute Gasteiger partial charge is 0.253 e. The Bertz CT molecular complexity index is 774. The number of aromatic nitrogens is 1. The molecule has 1 aliphatic rings. The van der Waals surface area contributed by atoms with E-state index in [0.717, 1.165) is 30.4 Å². The maximum Gasteiger partial charge on any atom is 0.253 e. The molecule has 0 spiro atoms. The second-order valence-corrected chi connectivity index (χ2v) is 5.94. The maximum absolute atomic E-state index is 12.5. The Kier molecular flexibility index (Phi) is 7.48. The van der Waals surface area contributed by atoms with E-state index in [1.54, 1.807) is 25.4 Å². The number of amides is 1. The highest BCUT2D eigenvalue weighted by atomic mass is 19.2. The van der Waals surface area contributed by atoms with Gasteiger partial charge in [-0.25, -0.2) is 9.37 Å². The predicted octanol–water partition coefficient (Wildman–Crippen LogP) is 3.60. The summed E-state index contributed by atoms with van der Waals surface area (Å²) in [6.07, 6.45) is 3.24. The van der Waals surface area contributed by atoms with Crippen LogP contribution in [0.3, 0.4) is 0 Å². The van der Waals surface area contributed by atoms with Gasteiger partial charge in [-0.15, -0.1) is 0 Å². The van der Waals surface area contributed by atoms with E-state index in [1.165, 1.54) is 19.2 Å². The molecule has 0 radical (unpaired) electrons. The average Bonchev–Trinajstić information content (AvgIpc) is 3.11. The average molecular weight is 379 g/mol. The molecule has 2 aromatic rings. The van der Waals surface area contributed by atoms with Crippen molar-refractivity contribution >= 4 is 17.4 Å². The van der Waals surface area contributed by atoms with Crippen molar-refractivity contribution < 1.29 is 23.0 Å². The first-order valence-electron chi connectivity index (χ1n) is 8.52. The van der Waals surface area contributed by atoms with Crippen molar-refractivity contribution in [2.24, 2.45) is 0 Å². The minimum absolute atomic E-state index is 0.0694. The van der Waals surface area contributed by atoms with Gasteiger partial charge in [-0.05, 0) is 38.0 Å². The summed E-state index contributed by atoms with van der Waals surface area (Å²) in [6.45, 7) is 1.98. The van der Waals surface area contributed by atoms with Crippen LogP contribution in [-0.2, 0) is 9.53 Å². The molecule has 27 heavy (non-hydrogen) atoms. The van der Waals surface area contributed by atoms with E-state index >= 15 is 0 Å². The molecule has 0 saturated carbocycles. The Hall–Kier alpha value is -2.74. The zero-order valence-corrected chi connectivity index (χ0v) is 15.5. The predicted molar refractivity (Wildman–Crippen MR) is 98.9 cm³/mol. The number of hydrogen-bond acceptors (Lipinski definition) is 5. The summed E-state index contributed by atoms with van der Waals surface area (Å²) in [4.78, 5) is 16.0. The van der Waals surface area contributed by atoms with E-state index in [-0.39, 0.29) is 23.9 Å². The van der Waals surface area contributed by atoms with Gasteiger partial charge in [-0.2, -0.15) is 4.39 Å². The fraction of sp³-hybridized carbons (Fsp3) is 0.368. The van der Waals surface area contributed by atoms with Crippen LogP contribution in [0.4, 0.5) is 20.3 Å². The number of nitrogens with one attached hydrogen (secondary N) is 2. The Morgan fingerprint density at radius 2 is 2.07 bits per heavy atom. The number of nitrogens with zero attached hydrogens (tertiary/aromatic N) is 1. The number of carbonyl (C=O) groups is 1. The molecule has 146 valence electrons. The van der Waals surface area contributed by atoms with Crippen LogP contribution in [0.1, 0.15) is 19.8 Å². The standard InChI is InChI=1S/C12H17N3O2.C7H6F2O/c1-8-3-4-10(17-8)12(16)15-9-5-6-14-11(7-9)13-2;1-10-6-4-2-3-5(8)7(6)9/h5-8,10H,3-4H2,1-2H3,(H2,13,14,15,16);2-4H,1H3. The Balaban J connectivity index is 0.000000223. The maximum atomic E-state index is 12.5. The van der Waals surface area contributed by atoms with E-state index in [0.29, 0.717) is 0 Å². The quantitative estimate of drug-likeness (QED) is 0.849. The molecule has 6 nitrogen and oxygen atoms in total. The van der Waals surface area contributed by atoms with E-state index in [9.17, 15) is 13.6 Å². The molecule has 1 fully saturated rings. The van der Waals surface area contributed by atoms with Gasteiger partial charge in [0.25, 0.3) is 5.91 Å². The molecule has 0 bridgehead atoms. The van der Waals surface area contributed by atoms with Crippen molar-refractivity contribution in [3.63, 3.8) is 0 Å². The summed E-state index contributed by atoms with van der Waals surface area (Å²) in [5.74, 6) is -1.25. The second-order valence-electron chi connectivity index (χ2n) is 5.94. The van der Waals surface area contributed by atoms with Gasteiger partial charge in [0.15, 0.2) is 11.6 Å². The molecule has 2 heterocycles. The lowest BCUT2D eigenvalue weighted by Gasteiger charge is -2.12. The monoisotopic (exact) mass is 379 g/mol. The van der Waals surface area contributed by atoms with Crippen molar-refractivity contribution in [2.45, 2.75) is 32.0 Å². The van der Waals surface area contributed by atoms with Gasteiger partial charge in [0.2, 0.25) is 5.82 Å². The summed E-state index contributed by atoms with van der Waals surface area (Å²) in [5.41, 5.74) is 0.734. The zero-order chi connectivity index (χ0) is 19.8. The summed E-state index contributed by atoms with van der Waals surface area (Å²) in [7, 11) is 3.08. The first-order valence-corrected chi connectivity index (χ1v) is 8.52. The number of hydrogen-bond donors (Lipinski definition) is 2. The number of ether oxygens (including phenoxy) is 2. The lowest BCUT2D eigenvalue weighted by molar-refractivity contribution is -0.126. The van der Waals surface area contributed by atoms with Crippen molar-refractivity contribution in [3.05, 3.63) is 48.2 Å². The first kappa shape index (κ1) is 20.6. The van der Waals surface area contributed by atoms with Crippen LogP contribution in [0, 0.1) is 11.6 Å². The number of benzene rings is 1. The third-order valence-electron chi connectivity index (χ3n) is 3.94. The normalized spacial score (nSPS) is 18.3. The molecule has 2 unspecified atom stereocenters. The molecule has 0 aliphatic carbocycles. The minimum atomic E-state index is -0.940. The largest absolute Gasteiger partial charge is 0.494 e. The molecule has 8 heteroatoms. The van der Waals surface area contributed by atoms with Crippen LogP contribution >= 0.6 is 0 Å². The number of methoxy groups -OCH3 is 1. The van der Waals surface area contributed by atoms with Crippen LogP contribution in [0.5, 0.6) is 5.75 Å². The Morgan fingerprint density at radius 1 is 1.30 bits per heavy atom. The van der Waals surface area contributed by atoms with Gasteiger partial charge in [-0.3, -0.25) is 4.79 Å². The SMILES string of the molecule is CNc1cc(NC(=O)C2CCC(C)O2)ccn1.COc1cccc(F)c1F. The topological polar surface area (TPSA) is 72.5 Å². The fourth-order valence-corrected chi connectivity index (χ4v) is 2.50. The summed E-state index contributed by atoms with van der Waals surface area (Å²) in [6, 6.07) is 7.33. The third kappa shape index (κ3) is 5.89. The van der Waals surface area contributed by atoms with Gasteiger partial charge in [0.1, 0.15) is 11.9 Å². The van der Waals surface area contributed by atoms with Gasteiger partial charge in [-0.1, -0.05) is 6.07 Å². The zero-order valence-electron chi connectivity index (χ0n) is 15.5. The van der Waals surface area contributed by atoms with Crippen molar-refractivity contribution in [3.8, 4) is 5.75 Å². The lowest BCUT2D eigenvalue weighted by atomic mass is 10.2. The molecule has 1 aromatic carbocycles. The number of halogens is 2. The van der Waals surface area contributed by atoms with Crippen LogP contribution in [-0.4, -0.2) is 37.3 Å². The number of rotatable bonds is 4. The molecular formula is C19H23F2N3O3. The van der Waals surface area contributed by atoms with Gasteiger partial charge < -0.3 is 20.1 Å². The number of carbonyl (C=O) groups excluding carboxylic acids is 1. The van der Waals surface area contributed by atoms with Gasteiger partial charge in [0.05, 0.1) is 13.2 Å². The molecule has 1 amide bonds. The molecule has 1 saturated heterocycles. The van der Waals surface area contributed by atoms with Gasteiger partial charge in [0, 0.05) is 25.0 Å². The highest BCUT2D eigenvalue weighted by Gasteiger charge is 2.28. The molecule has 1 aromatic heterocycles. The van der Waals surface area contributed by atoms with Crippen LogP contribution in [0.2, 0.25) is 0 Å². The van der Waals surface area contributed by atoms with Crippen molar-refractivity contribution in [1.29, 1.82) is 0 Å².